The van der Waals surface area contributed by atoms with Crippen LogP contribution in [0.5, 0.6) is 0 Å². The van der Waals surface area contributed by atoms with E-state index in [0.29, 0.717) is 0 Å². The summed E-state index contributed by atoms with van der Waals surface area (Å²) in [7, 11) is 0. The van der Waals surface area contributed by atoms with Crippen LogP contribution in [0.25, 0.3) is 11.0 Å². The van der Waals surface area contributed by atoms with E-state index in [1.54, 1.807) is 6.33 Å². The molecule has 0 bridgehead atoms. The SMILES string of the molecule is C=CC(=O)NC1CCCN(c2ncnc3[nH]ccc23)C1. The maximum Gasteiger partial charge on any atom is 0.243 e. The quantitative estimate of drug-likeness (QED) is 0.823. The zero-order chi connectivity index (χ0) is 13.9. The van der Waals surface area contributed by atoms with Crippen LogP contribution in [0.2, 0.25) is 0 Å². The summed E-state index contributed by atoms with van der Waals surface area (Å²) in [5, 5.41) is 3.98. The first kappa shape index (κ1) is 12.7. The Morgan fingerprint density at radius 3 is 3.30 bits per heavy atom. The average Bonchev–Trinajstić information content (AvgIpc) is 2.95. The van der Waals surface area contributed by atoms with Crippen molar-refractivity contribution < 1.29 is 4.79 Å². The summed E-state index contributed by atoms with van der Waals surface area (Å²) in [5.74, 6) is 0.806. The minimum Gasteiger partial charge on any atom is -0.354 e. The van der Waals surface area contributed by atoms with Gasteiger partial charge in [0, 0.05) is 25.3 Å². The summed E-state index contributed by atoms with van der Waals surface area (Å²) in [4.78, 5) is 25.3. The first-order chi connectivity index (χ1) is 9.78. The molecule has 0 spiro atoms. The molecule has 1 amide bonds. The lowest BCUT2D eigenvalue weighted by Crippen LogP contribution is -2.47. The highest BCUT2D eigenvalue weighted by Gasteiger charge is 2.23. The number of amides is 1. The highest BCUT2D eigenvalue weighted by atomic mass is 16.1. The van der Waals surface area contributed by atoms with Crippen LogP contribution in [0.3, 0.4) is 0 Å². The largest absolute Gasteiger partial charge is 0.354 e. The number of aromatic nitrogens is 3. The Labute approximate surface area is 116 Å². The molecular weight excluding hydrogens is 254 g/mol. The minimum atomic E-state index is -0.119. The minimum absolute atomic E-state index is 0.119. The second-order valence-electron chi connectivity index (χ2n) is 4.94. The van der Waals surface area contributed by atoms with Crippen molar-refractivity contribution in [1.82, 2.24) is 20.3 Å². The van der Waals surface area contributed by atoms with Gasteiger partial charge in [-0.3, -0.25) is 4.79 Å². The van der Waals surface area contributed by atoms with Crippen LogP contribution in [0.1, 0.15) is 12.8 Å². The zero-order valence-electron chi connectivity index (χ0n) is 11.2. The number of H-pyrrole nitrogens is 1. The number of nitrogens with zero attached hydrogens (tertiary/aromatic N) is 3. The van der Waals surface area contributed by atoms with Gasteiger partial charge in [-0.05, 0) is 25.0 Å². The molecule has 1 saturated heterocycles. The van der Waals surface area contributed by atoms with Gasteiger partial charge in [0.25, 0.3) is 0 Å². The van der Waals surface area contributed by atoms with Gasteiger partial charge in [0.15, 0.2) is 0 Å². The molecule has 1 aliphatic rings. The van der Waals surface area contributed by atoms with E-state index < -0.39 is 0 Å². The van der Waals surface area contributed by atoms with Crippen molar-refractivity contribution in [2.75, 3.05) is 18.0 Å². The normalized spacial score (nSPS) is 19.0. The van der Waals surface area contributed by atoms with Crippen molar-refractivity contribution in [3.05, 3.63) is 31.2 Å². The molecule has 20 heavy (non-hydrogen) atoms. The van der Waals surface area contributed by atoms with Crippen LogP contribution in [0.15, 0.2) is 31.2 Å². The fourth-order valence-electron chi connectivity index (χ4n) is 2.66. The molecule has 0 aliphatic carbocycles. The van der Waals surface area contributed by atoms with Crippen LogP contribution in [0.4, 0.5) is 5.82 Å². The Balaban J connectivity index is 1.81. The van der Waals surface area contributed by atoms with E-state index in [9.17, 15) is 4.79 Å². The molecule has 3 rings (SSSR count). The number of hydrogen-bond donors (Lipinski definition) is 2. The zero-order valence-corrected chi connectivity index (χ0v) is 11.2. The third-order valence-corrected chi connectivity index (χ3v) is 3.59. The molecule has 1 fully saturated rings. The number of fused-ring (bicyclic) bond motifs is 1. The molecule has 6 nitrogen and oxygen atoms in total. The van der Waals surface area contributed by atoms with E-state index in [4.69, 9.17) is 0 Å². The standard InChI is InChI=1S/C14H17N5O/c1-2-12(20)18-10-4-3-7-19(8-10)14-11-5-6-15-13(11)16-9-17-14/h2,5-6,9-10H,1,3-4,7-8H2,(H,18,20)(H,15,16,17). The maximum atomic E-state index is 11.4. The van der Waals surface area contributed by atoms with Gasteiger partial charge in [0.05, 0.1) is 5.39 Å². The van der Waals surface area contributed by atoms with Crippen molar-refractivity contribution in [1.29, 1.82) is 0 Å². The number of hydrogen-bond acceptors (Lipinski definition) is 4. The van der Waals surface area contributed by atoms with Gasteiger partial charge in [-0.2, -0.15) is 0 Å². The third kappa shape index (κ3) is 2.36. The molecule has 1 unspecified atom stereocenters. The van der Waals surface area contributed by atoms with Crippen molar-refractivity contribution in [2.45, 2.75) is 18.9 Å². The molecule has 2 N–H and O–H groups in total. The van der Waals surface area contributed by atoms with Gasteiger partial charge in [-0.1, -0.05) is 6.58 Å². The summed E-state index contributed by atoms with van der Waals surface area (Å²) in [6, 6.07) is 2.12. The molecule has 3 heterocycles. The predicted octanol–water partition coefficient (Wildman–Crippen LogP) is 1.23. The van der Waals surface area contributed by atoms with Crippen LogP contribution in [-0.4, -0.2) is 40.0 Å². The smallest absolute Gasteiger partial charge is 0.243 e. The Bertz CT molecular complexity index is 635. The van der Waals surface area contributed by atoms with Crippen LogP contribution < -0.4 is 10.2 Å². The lowest BCUT2D eigenvalue weighted by atomic mass is 10.1. The number of piperidine rings is 1. The Hall–Kier alpha value is -2.37. The summed E-state index contributed by atoms with van der Waals surface area (Å²) in [5.41, 5.74) is 0.840. The van der Waals surface area contributed by atoms with Crippen LogP contribution in [-0.2, 0) is 4.79 Å². The molecule has 1 atom stereocenters. The molecule has 0 radical (unpaired) electrons. The van der Waals surface area contributed by atoms with Gasteiger partial charge < -0.3 is 15.2 Å². The van der Waals surface area contributed by atoms with E-state index in [1.807, 2.05) is 12.3 Å². The summed E-state index contributed by atoms with van der Waals surface area (Å²) in [6.07, 6.45) is 6.76. The van der Waals surface area contributed by atoms with Gasteiger partial charge in [0.2, 0.25) is 5.91 Å². The highest BCUT2D eigenvalue weighted by Crippen LogP contribution is 2.24. The number of nitrogens with one attached hydrogen (secondary N) is 2. The molecule has 104 valence electrons. The number of aromatic amines is 1. The first-order valence-electron chi connectivity index (χ1n) is 6.74. The molecular formula is C14H17N5O. The van der Waals surface area contributed by atoms with Crippen LogP contribution in [0, 0.1) is 0 Å². The van der Waals surface area contributed by atoms with Gasteiger partial charge in [-0.25, -0.2) is 9.97 Å². The van der Waals surface area contributed by atoms with Crippen molar-refractivity contribution in [3.8, 4) is 0 Å². The van der Waals surface area contributed by atoms with Crippen molar-refractivity contribution >= 4 is 22.8 Å². The van der Waals surface area contributed by atoms with Gasteiger partial charge >= 0.3 is 0 Å². The first-order valence-corrected chi connectivity index (χ1v) is 6.74. The summed E-state index contributed by atoms with van der Waals surface area (Å²) in [6.45, 7) is 5.19. The highest BCUT2D eigenvalue weighted by molar-refractivity contribution is 5.88. The number of anilines is 1. The molecule has 1 aliphatic heterocycles. The number of rotatable bonds is 3. The molecule has 6 heteroatoms. The fraction of sp³-hybridized carbons (Fsp3) is 0.357. The van der Waals surface area contributed by atoms with E-state index >= 15 is 0 Å². The van der Waals surface area contributed by atoms with Crippen molar-refractivity contribution in [3.63, 3.8) is 0 Å². The van der Waals surface area contributed by atoms with E-state index in [1.165, 1.54) is 6.08 Å². The number of carbonyl (C=O) groups is 1. The topological polar surface area (TPSA) is 73.9 Å². The van der Waals surface area contributed by atoms with Crippen LogP contribution >= 0.6 is 0 Å². The van der Waals surface area contributed by atoms with E-state index in [0.717, 1.165) is 42.8 Å². The lowest BCUT2D eigenvalue weighted by Gasteiger charge is -2.34. The van der Waals surface area contributed by atoms with E-state index in [2.05, 4.69) is 31.7 Å². The molecule has 2 aromatic rings. The maximum absolute atomic E-state index is 11.4. The second-order valence-corrected chi connectivity index (χ2v) is 4.94. The summed E-state index contributed by atoms with van der Waals surface area (Å²) >= 11 is 0. The third-order valence-electron chi connectivity index (χ3n) is 3.59. The fourth-order valence-corrected chi connectivity index (χ4v) is 2.66. The second kappa shape index (κ2) is 5.32. The Morgan fingerprint density at radius 2 is 2.45 bits per heavy atom. The molecule has 0 aromatic carbocycles. The van der Waals surface area contributed by atoms with Crippen molar-refractivity contribution in [2.24, 2.45) is 0 Å². The monoisotopic (exact) mass is 271 g/mol. The average molecular weight is 271 g/mol. The molecule has 2 aromatic heterocycles. The summed E-state index contributed by atoms with van der Waals surface area (Å²) < 4.78 is 0. The Kier molecular flexibility index (Phi) is 3.37. The van der Waals surface area contributed by atoms with Gasteiger partial charge in [-0.15, -0.1) is 0 Å². The lowest BCUT2D eigenvalue weighted by molar-refractivity contribution is -0.117. The predicted molar refractivity (Wildman–Crippen MR) is 77.5 cm³/mol. The number of carbonyl (C=O) groups excluding carboxylic acids is 1. The van der Waals surface area contributed by atoms with E-state index in [-0.39, 0.29) is 11.9 Å². The Morgan fingerprint density at radius 1 is 1.55 bits per heavy atom. The van der Waals surface area contributed by atoms with Gasteiger partial charge in [0.1, 0.15) is 17.8 Å². The molecule has 0 saturated carbocycles.